The van der Waals surface area contributed by atoms with Crippen LogP contribution >= 0.6 is 0 Å². The summed E-state index contributed by atoms with van der Waals surface area (Å²) >= 11 is 0. The van der Waals surface area contributed by atoms with Crippen molar-refractivity contribution in [3.05, 3.63) is 58.9 Å². The van der Waals surface area contributed by atoms with Crippen LogP contribution < -0.4 is 10.1 Å². The van der Waals surface area contributed by atoms with Gasteiger partial charge in [-0.2, -0.15) is 0 Å². The Morgan fingerprint density at radius 2 is 1.73 bits per heavy atom. The van der Waals surface area contributed by atoms with E-state index in [1.54, 1.807) is 13.8 Å². The van der Waals surface area contributed by atoms with Gasteiger partial charge in [-0.25, -0.2) is 18.0 Å². The highest BCUT2D eigenvalue weighted by Gasteiger charge is 2.20. The molecular weight excluding hydrogens is 351 g/mol. The van der Waals surface area contributed by atoms with Crippen LogP contribution in [0, 0.1) is 17.5 Å². The van der Waals surface area contributed by atoms with Gasteiger partial charge in [0.15, 0.2) is 17.5 Å². The smallest absolute Gasteiger partial charge is 0.338 e. The van der Waals surface area contributed by atoms with Crippen molar-refractivity contribution in [2.75, 3.05) is 18.5 Å². The van der Waals surface area contributed by atoms with Crippen LogP contribution in [0.2, 0.25) is 0 Å². The standard InChI is InChI=1S/C18H16F3NO4/c1-3-25-14-9-10(18(24)26-4-2)5-8-13(14)22-17(23)11-6-7-12(19)16(21)15(11)20/h5-9H,3-4H2,1-2H3,(H,22,23). The van der Waals surface area contributed by atoms with Crippen LogP contribution in [0.4, 0.5) is 18.9 Å². The van der Waals surface area contributed by atoms with Gasteiger partial charge in [0.2, 0.25) is 0 Å². The maximum Gasteiger partial charge on any atom is 0.338 e. The first-order valence-corrected chi connectivity index (χ1v) is 7.77. The van der Waals surface area contributed by atoms with E-state index in [9.17, 15) is 22.8 Å². The number of hydrogen-bond acceptors (Lipinski definition) is 4. The molecule has 0 aliphatic heterocycles. The van der Waals surface area contributed by atoms with E-state index in [1.165, 1.54) is 18.2 Å². The molecule has 0 aromatic heterocycles. The Balaban J connectivity index is 2.32. The van der Waals surface area contributed by atoms with Crippen LogP contribution in [0.5, 0.6) is 5.75 Å². The number of anilines is 1. The van der Waals surface area contributed by atoms with Crippen LogP contribution in [0.25, 0.3) is 0 Å². The molecule has 0 aliphatic carbocycles. The first kappa shape index (κ1) is 19.3. The van der Waals surface area contributed by atoms with Gasteiger partial charge < -0.3 is 14.8 Å². The maximum absolute atomic E-state index is 13.8. The predicted octanol–water partition coefficient (Wildman–Crippen LogP) is 3.93. The molecular formula is C18H16F3NO4. The lowest BCUT2D eigenvalue weighted by molar-refractivity contribution is 0.0526. The SMILES string of the molecule is CCOC(=O)c1ccc(NC(=O)c2ccc(F)c(F)c2F)c(OCC)c1. The zero-order valence-corrected chi connectivity index (χ0v) is 14.1. The van der Waals surface area contributed by atoms with Crippen molar-refractivity contribution >= 4 is 17.6 Å². The molecule has 0 aliphatic rings. The summed E-state index contributed by atoms with van der Waals surface area (Å²) in [5.41, 5.74) is -0.331. The van der Waals surface area contributed by atoms with Gasteiger partial charge in [-0.05, 0) is 44.2 Å². The summed E-state index contributed by atoms with van der Waals surface area (Å²) < 4.78 is 50.3. The Morgan fingerprint density at radius 3 is 2.38 bits per heavy atom. The van der Waals surface area contributed by atoms with Crippen molar-refractivity contribution < 1.29 is 32.2 Å². The average molecular weight is 367 g/mol. The van der Waals surface area contributed by atoms with E-state index in [2.05, 4.69) is 5.32 Å². The van der Waals surface area contributed by atoms with Gasteiger partial charge in [0, 0.05) is 0 Å². The van der Waals surface area contributed by atoms with Crippen LogP contribution in [-0.2, 0) is 4.74 Å². The average Bonchev–Trinajstić information content (AvgIpc) is 2.61. The Hall–Kier alpha value is -3.03. The summed E-state index contributed by atoms with van der Waals surface area (Å²) in [4.78, 5) is 24.0. The number of hydrogen-bond donors (Lipinski definition) is 1. The number of esters is 1. The molecule has 5 nitrogen and oxygen atoms in total. The zero-order valence-electron chi connectivity index (χ0n) is 14.1. The zero-order chi connectivity index (χ0) is 19.3. The van der Waals surface area contributed by atoms with Crippen molar-refractivity contribution in [2.24, 2.45) is 0 Å². The molecule has 0 atom stereocenters. The molecule has 0 bridgehead atoms. The minimum absolute atomic E-state index is 0.133. The number of benzene rings is 2. The monoisotopic (exact) mass is 367 g/mol. The van der Waals surface area contributed by atoms with Gasteiger partial charge in [0.1, 0.15) is 5.75 Å². The molecule has 0 fully saturated rings. The molecule has 0 spiro atoms. The third-order valence-corrected chi connectivity index (χ3v) is 3.32. The summed E-state index contributed by atoms with van der Waals surface area (Å²) in [5.74, 6) is -6.14. The first-order chi connectivity index (χ1) is 12.4. The molecule has 26 heavy (non-hydrogen) atoms. The van der Waals surface area contributed by atoms with Crippen LogP contribution in [0.15, 0.2) is 30.3 Å². The van der Waals surface area contributed by atoms with E-state index in [4.69, 9.17) is 9.47 Å². The minimum atomic E-state index is -1.74. The number of ether oxygens (including phenoxy) is 2. The van der Waals surface area contributed by atoms with Gasteiger partial charge in [0.25, 0.3) is 5.91 Å². The molecule has 138 valence electrons. The van der Waals surface area contributed by atoms with Crippen molar-refractivity contribution in [2.45, 2.75) is 13.8 Å². The van der Waals surface area contributed by atoms with Crippen LogP contribution in [-0.4, -0.2) is 25.1 Å². The first-order valence-electron chi connectivity index (χ1n) is 7.77. The van der Waals surface area contributed by atoms with Gasteiger partial charge in [-0.3, -0.25) is 4.79 Å². The molecule has 8 heteroatoms. The second kappa shape index (κ2) is 8.37. The number of carbonyl (C=O) groups is 2. The molecule has 2 aromatic rings. The molecule has 0 radical (unpaired) electrons. The van der Waals surface area contributed by atoms with Gasteiger partial charge in [0.05, 0.1) is 30.0 Å². The van der Waals surface area contributed by atoms with Crippen molar-refractivity contribution in [3.63, 3.8) is 0 Å². The molecule has 1 N–H and O–H groups in total. The Bertz CT molecular complexity index is 839. The van der Waals surface area contributed by atoms with Gasteiger partial charge >= 0.3 is 5.97 Å². The predicted molar refractivity (Wildman–Crippen MR) is 87.8 cm³/mol. The maximum atomic E-state index is 13.8. The Labute approximate surface area is 147 Å². The second-order valence-electron chi connectivity index (χ2n) is 5.04. The largest absolute Gasteiger partial charge is 0.492 e. The summed E-state index contributed by atoms with van der Waals surface area (Å²) in [5, 5.41) is 2.35. The van der Waals surface area contributed by atoms with E-state index in [0.29, 0.717) is 6.07 Å². The molecule has 0 saturated heterocycles. The van der Waals surface area contributed by atoms with Crippen LogP contribution in [0.1, 0.15) is 34.6 Å². The van der Waals surface area contributed by atoms with E-state index < -0.39 is 34.9 Å². The third kappa shape index (κ3) is 4.14. The van der Waals surface area contributed by atoms with E-state index >= 15 is 0 Å². The normalized spacial score (nSPS) is 10.3. The fraction of sp³-hybridized carbons (Fsp3) is 0.222. The van der Waals surface area contributed by atoms with Crippen molar-refractivity contribution in [1.29, 1.82) is 0 Å². The quantitative estimate of drug-likeness (QED) is 0.621. The number of rotatable bonds is 6. The molecule has 0 heterocycles. The van der Waals surface area contributed by atoms with E-state index in [0.717, 1.165) is 6.07 Å². The Kier molecular flexibility index (Phi) is 6.21. The van der Waals surface area contributed by atoms with Gasteiger partial charge in [-0.1, -0.05) is 0 Å². The number of nitrogens with one attached hydrogen (secondary N) is 1. The molecule has 0 saturated carbocycles. The fourth-order valence-electron chi connectivity index (χ4n) is 2.13. The van der Waals surface area contributed by atoms with E-state index in [-0.39, 0.29) is 30.2 Å². The highest BCUT2D eigenvalue weighted by Crippen LogP contribution is 2.27. The highest BCUT2D eigenvalue weighted by atomic mass is 19.2. The molecule has 2 aromatic carbocycles. The highest BCUT2D eigenvalue weighted by molar-refractivity contribution is 6.05. The second-order valence-corrected chi connectivity index (χ2v) is 5.04. The number of halogens is 3. The Morgan fingerprint density at radius 1 is 1.00 bits per heavy atom. The van der Waals surface area contributed by atoms with Gasteiger partial charge in [-0.15, -0.1) is 0 Å². The molecule has 0 unspecified atom stereocenters. The van der Waals surface area contributed by atoms with Crippen LogP contribution in [0.3, 0.4) is 0 Å². The van der Waals surface area contributed by atoms with Crippen molar-refractivity contribution in [3.8, 4) is 5.75 Å². The lowest BCUT2D eigenvalue weighted by Gasteiger charge is -2.13. The molecule has 2 rings (SSSR count). The lowest BCUT2D eigenvalue weighted by atomic mass is 10.1. The molecule has 1 amide bonds. The topological polar surface area (TPSA) is 64.6 Å². The summed E-state index contributed by atoms with van der Waals surface area (Å²) in [7, 11) is 0. The summed E-state index contributed by atoms with van der Waals surface area (Å²) in [6.45, 7) is 3.77. The third-order valence-electron chi connectivity index (χ3n) is 3.32. The summed E-state index contributed by atoms with van der Waals surface area (Å²) in [6.07, 6.45) is 0. The minimum Gasteiger partial charge on any atom is -0.492 e. The number of carbonyl (C=O) groups excluding carboxylic acids is 2. The number of amides is 1. The van der Waals surface area contributed by atoms with E-state index in [1.807, 2.05) is 0 Å². The van der Waals surface area contributed by atoms with Crippen molar-refractivity contribution in [1.82, 2.24) is 0 Å². The lowest BCUT2D eigenvalue weighted by Crippen LogP contribution is -2.16. The summed E-state index contributed by atoms with van der Waals surface area (Å²) in [6, 6.07) is 5.60. The fourth-order valence-corrected chi connectivity index (χ4v) is 2.13.